The molecule has 0 aromatic heterocycles. The number of nitrogens with zero attached hydrogens (tertiary/aromatic N) is 1. The van der Waals surface area contributed by atoms with E-state index >= 15 is 0 Å². The number of fused-ring (bicyclic) bond motifs is 1. The van der Waals surface area contributed by atoms with Gasteiger partial charge in [-0.1, -0.05) is 45.2 Å². The number of carbonyl (C=O) groups is 1. The maximum Gasteiger partial charge on any atom is 0.331 e. The molecular formula is C16H12BrCl2NO2. The van der Waals surface area contributed by atoms with Crippen LogP contribution < -0.4 is 4.90 Å². The molecule has 1 aliphatic heterocycles. The Hall–Kier alpha value is -1.23. The number of anilines is 1. The second-order valence-electron chi connectivity index (χ2n) is 5.12. The van der Waals surface area contributed by atoms with Gasteiger partial charge in [-0.15, -0.1) is 0 Å². The average molecular weight is 401 g/mol. The third-order valence-electron chi connectivity index (χ3n) is 3.79. The Kier molecular flexibility index (Phi) is 4.35. The van der Waals surface area contributed by atoms with E-state index in [2.05, 4.69) is 15.9 Å². The van der Waals surface area contributed by atoms with E-state index in [0.717, 1.165) is 22.0 Å². The maximum absolute atomic E-state index is 11.8. The van der Waals surface area contributed by atoms with E-state index in [1.165, 1.54) is 0 Å². The first kappa shape index (κ1) is 15.7. The molecule has 1 aliphatic rings. The predicted molar refractivity (Wildman–Crippen MR) is 92.0 cm³/mol. The third kappa shape index (κ3) is 2.83. The van der Waals surface area contributed by atoms with Crippen molar-refractivity contribution in [2.75, 3.05) is 11.4 Å². The first-order valence-corrected chi connectivity index (χ1v) is 8.25. The fourth-order valence-electron chi connectivity index (χ4n) is 2.84. The fourth-order valence-corrected chi connectivity index (χ4v) is 3.76. The van der Waals surface area contributed by atoms with Gasteiger partial charge in [-0.3, -0.25) is 0 Å². The molecule has 3 rings (SSSR count). The molecule has 0 aliphatic carbocycles. The van der Waals surface area contributed by atoms with Crippen LogP contribution in [0.3, 0.4) is 0 Å². The van der Waals surface area contributed by atoms with Crippen molar-refractivity contribution in [3.05, 3.63) is 62.0 Å². The zero-order chi connectivity index (χ0) is 15.9. The van der Waals surface area contributed by atoms with Gasteiger partial charge >= 0.3 is 5.97 Å². The fraction of sp³-hybridized carbons (Fsp3) is 0.188. The minimum atomic E-state index is -0.894. The molecule has 0 amide bonds. The largest absolute Gasteiger partial charge is 0.479 e. The van der Waals surface area contributed by atoms with Gasteiger partial charge in [-0.25, -0.2) is 4.79 Å². The van der Waals surface area contributed by atoms with Crippen LogP contribution in [0.5, 0.6) is 0 Å². The van der Waals surface area contributed by atoms with Crippen LogP contribution in [0.25, 0.3) is 0 Å². The van der Waals surface area contributed by atoms with E-state index in [-0.39, 0.29) is 0 Å². The summed E-state index contributed by atoms with van der Waals surface area (Å²) in [7, 11) is 0. The SMILES string of the molecule is O=C(O)[C@H]1c2ccc(Br)cc2CCN1c1ccc(Cl)cc1Cl. The van der Waals surface area contributed by atoms with E-state index in [9.17, 15) is 9.90 Å². The molecule has 1 heterocycles. The van der Waals surface area contributed by atoms with Crippen LogP contribution in [0, 0.1) is 0 Å². The number of hydrogen-bond donors (Lipinski definition) is 1. The Morgan fingerprint density at radius 1 is 1.23 bits per heavy atom. The molecule has 114 valence electrons. The highest BCUT2D eigenvalue weighted by molar-refractivity contribution is 9.10. The summed E-state index contributed by atoms with van der Waals surface area (Å²) >= 11 is 15.6. The minimum absolute atomic E-state index is 0.458. The monoisotopic (exact) mass is 399 g/mol. The van der Waals surface area contributed by atoms with E-state index in [1.54, 1.807) is 18.2 Å². The molecule has 0 saturated heterocycles. The molecule has 0 unspecified atom stereocenters. The molecule has 3 nitrogen and oxygen atoms in total. The Morgan fingerprint density at radius 3 is 2.68 bits per heavy atom. The zero-order valence-electron chi connectivity index (χ0n) is 11.4. The number of carboxylic acids is 1. The van der Waals surface area contributed by atoms with Crippen molar-refractivity contribution in [1.82, 2.24) is 0 Å². The van der Waals surface area contributed by atoms with Crippen molar-refractivity contribution in [3.8, 4) is 0 Å². The van der Waals surface area contributed by atoms with Gasteiger partial charge in [0, 0.05) is 16.0 Å². The van der Waals surface area contributed by atoms with Gasteiger partial charge in [-0.2, -0.15) is 0 Å². The molecule has 0 spiro atoms. The van der Waals surface area contributed by atoms with Crippen LogP contribution in [0.15, 0.2) is 40.9 Å². The van der Waals surface area contributed by atoms with E-state index in [1.807, 2.05) is 23.1 Å². The second-order valence-corrected chi connectivity index (χ2v) is 6.88. The molecular weight excluding hydrogens is 389 g/mol. The highest BCUT2D eigenvalue weighted by atomic mass is 79.9. The smallest absolute Gasteiger partial charge is 0.331 e. The number of benzene rings is 2. The standard InChI is InChI=1S/C16H12BrCl2NO2/c17-10-1-3-12-9(7-10)5-6-20(15(12)16(21)22)14-4-2-11(18)8-13(14)19/h1-4,7-8,15H,5-6H2,(H,21,22)/t15-/m1/s1. The number of aliphatic carboxylic acids is 1. The molecule has 1 N–H and O–H groups in total. The lowest BCUT2D eigenvalue weighted by Crippen LogP contribution is -2.40. The first-order valence-electron chi connectivity index (χ1n) is 6.70. The van der Waals surface area contributed by atoms with Gasteiger partial charge in [0.25, 0.3) is 0 Å². The lowest BCUT2D eigenvalue weighted by molar-refractivity contribution is -0.138. The van der Waals surface area contributed by atoms with Gasteiger partial charge in [0.1, 0.15) is 0 Å². The number of halogens is 3. The number of hydrogen-bond acceptors (Lipinski definition) is 2. The first-order chi connectivity index (χ1) is 10.5. The Bertz CT molecular complexity index is 751. The van der Waals surface area contributed by atoms with Crippen molar-refractivity contribution in [3.63, 3.8) is 0 Å². The second kappa shape index (κ2) is 6.11. The predicted octanol–water partition coefficient (Wildman–Crippen LogP) is 4.94. The summed E-state index contributed by atoms with van der Waals surface area (Å²) < 4.78 is 0.952. The maximum atomic E-state index is 11.8. The molecule has 6 heteroatoms. The van der Waals surface area contributed by atoms with Gasteiger partial charge in [0.2, 0.25) is 0 Å². The summed E-state index contributed by atoms with van der Waals surface area (Å²) in [6.45, 7) is 0.585. The van der Waals surface area contributed by atoms with Crippen LogP contribution in [-0.4, -0.2) is 17.6 Å². The molecule has 2 aromatic rings. The van der Waals surface area contributed by atoms with Gasteiger partial charge < -0.3 is 10.0 Å². The normalized spacial score (nSPS) is 17.2. The van der Waals surface area contributed by atoms with Crippen LogP contribution >= 0.6 is 39.1 Å². The summed E-state index contributed by atoms with van der Waals surface area (Å²) in [4.78, 5) is 13.7. The van der Waals surface area contributed by atoms with Crippen LogP contribution in [0.4, 0.5) is 5.69 Å². The lowest BCUT2D eigenvalue weighted by atomic mass is 9.92. The summed E-state index contributed by atoms with van der Waals surface area (Å²) in [5.41, 5.74) is 2.53. The summed E-state index contributed by atoms with van der Waals surface area (Å²) in [6.07, 6.45) is 0.761. The third-order valence-corrected chi connectivity index (χ3v) is 4.82. The lowest BCUT2D eigenvalue weighted by Gasteiger charge is -2.37. The van der Waals surface area contributed by atoms with Crippen molar-refractivity contribution in [2.45, 2.75) is 12.5 Å². The van der Waals surface area contributed by atoms with Crippen LogP contribution in [-0.2, 0) is 11.2 Å². The van der Waals surface area contributed by atoms with Crippen molar-refractivity contribution >= 4 is 50.8 Å². The molecule has 0 saturated carbocycles. The summed E-state index contributed by atoms with van der Waals surface area (Å²) in [5.74, 6) is -0.894. The molecule has 22 heavy (non-hydrogen) atoms. The number of carboxylic acid groups (broad SMARTS) is 1. The molecule has 0 fully saturated rings. The van der Waals surface area contributed by atoms with Crippen molar-refractivity contribution in [2.24, 2.45) is 0 Å². The Labute approximate surface area is 146 Å². The van der Waals surface area contributed by atoms with Crippen LogP contribution in [0.2, 0.25) is 10.0 Å². The summed E-state index contributed by atoms with van der Waals surface area (Å²) in [5, 5.41) is 10.7. The Morgan fingerprint density at radius 2 is 2.00 bits per heavy atom. The quantitative estimate of drug-likeness (QED) is 0.775. The highest BCUT2D eigenvalue weighted by Crippen LogP contribution is 2.39. The summed E-state index contributed by atoms with van der Waals surface area (Å²) in [6, 6.07) is 10.1. The van der Waals surface area contributed by atoms with E-state index < -0.39 is 12.0 Å². The highest BCUT2D eigenvalue weighted by Gasteiger charge is 2.34. The topological polar surface area (TPSA) is 40.5 Å². The molecule has 0 radical (unpaired) electrons. The molecule has 1 atom stereocenters. The van der Waals surface area contributed by atoms with Gasteiger partial charge in [0.15, 0.2) is 6.04 Å². The molecule has 0 bridgehead atoms. The average Bonchev–Trinajstić information content (AvgIpc) is 2.46. The van der Waals surface area contributed by atoms with Gasteiger partial charge in [0.05, 0.1) is 10.7 Å². The Balaban J connectivity index is 2.09. The van der Waals surface area contributed by atoms with Crippen molar-refractivity contribution < 1.29 is 9.90 Å². The van der Waals surface area contributed by atoms with E-state index in [4.69, 9.17) is 23.2 Å². The number of rotatable bonds is 2. The zero-order valence-corrected chi connectivity index (χ0v) is 14.5. The molecule has 2 aromatic carbocycles. The van der Waals surface area contributed by atoms with Gasteiger partial charge in [-0.05, 0) is 47.9 Å². The minimum Gasteiger partial charge on any atom is -0.479 e. The van der Waals surface area contributed by atoms with Crippen LogP contribution in [0.1, 0.15) is 17.2 Å². The van der Waals surface area contributed by atoms with E-state index in [0.29, 0.717) is 22.3 Å². The van der Waals surface area contributed by atoms with Crippen molar-refractivity contribution in [1.29, 1.82) is 0 Å².